The number of fused-ring (bicyclic) bond motifs is 1. The van der Waals surface area contributed by atoms with Crippen molar-refractivity contribution in [1.29, 1.82) is 0 Å². The van der Waals surface area contributed by atoms with Gasteiger partial charge < -0.3 is 0 Å². The quantitative estimate of drug-likeness (QED) is 0.806. The highest BCUT2D eigenvalue weighted by atomic mass is 32.2. The van der Waals surface area contributed by atoms with E-state index in [2.05, 4.69) is 29.2 Å². The fourth-order valence-corrected chi connectivity index (χ4v) is 5.57. The number of rotatable bonds is 4. The van der Waals surface area contributed by atoms with E-state index in [0.717, 1.165) is 29.8 Å². The zero-order valence-electron chi connectivity index (χ0n) is 15.9. The molecule has 1 heterocycles. The Morgan fingerprint density at radius 2 is 1.67 bits per heavy atom. The van der Waals surface area contributed by atoms with Crippen molar-refractivity contribution in [1.82, 2.24) is 9.21 Å². The SMILES string of the molecule is Cc1ccc(S(=O)(=O)N(C)[C@H]2c3ccccc3C=CC2N2CCCC2)cc1. The van der Waals surface area contributed by atoms with Gasteiger partial charge in [0.2, 0.25) is 10.0 Å². The molecule has 1 unspecified atom stereocenters. The first kappa shape index (κ1) is 18.4. The summed E-state index contributed by atoms with van der Waals surface area (Å²) in [4.78, 5) is 2.76. The fourth-order valence-electron chi connectivity index (χ4n) is 4.22. The van der Waals surface area contributed by atoms with E-state index in [1.54, 1.807) is 23.5 Å². The van der Waals surface area contributed by atoms with Crippen LogP contribution in [0.4, 0.5) is 0 Å². The first-order valence-corrected chi connectivity index (χ1v) is 11.0. The van der Waals surface area contributed by atoms with Crippen molar-refractivity contribution < 1.29 is 8.42 Å². The van der Waals surface area contributed by atoms with Crippen LogP contribution < -0.4 is 0 Å². The van der Waals surface area contributed by atoms with Gasteiger partial charge in [-0.1, -0.05) is 54.1 Å². The highest BCUT2D eigenvalue weighted by molar-refractivity contribution is 7.89. The van der Waals surface area contributed by atoms with E-state index in [9.17, 15) is 8.42 Å². The van der Waals surface area contributed by atoms with Crippen molar-refractivity contribution in [3.63, 3.8) is 0 Å². The number of benzene rings is 2. The Balaban J connectivity index is 1.77. The number of sulfonamides is 1. The molecule has 142 valence electrons. The lowest BCUT2D eigenvalue weighted by molar-refractivity contribution is 0.191. The molecular weight excluding hydrogens is 356 g/mol. The normalized spacial score (nSPS) is 22.9. The third-order valence-corrected chi connectivity index (χ3v) is 7.62. The van der Waals surface area contributed by atoms with Crippen molar-refractivity contribution in [3.05, 3.63) is 71.3 Å². The van der Waals surface area contributed by atoms with Crippen LogP contribution in [0.3, 0.4) is 0 Å². The number of nitrogens with zero attached hydrogens (tertiary/aromatic N) is 2. The Labute approximate surface area is 162 Å². The summed E-state index contributed by atoms with van der Waals surface area (Å²) in [5.74, 6) is 0. The molecule has 4 rings (SSSR count). The molecular formula is C22H26N2O2S. The van der Waals surface area contributed by atoms with E-state index < -0.39 is 10.0 Å². The lowest BCUT2D eigenvalue weighted by atomic mass is 9.88. The molecule has 0 aromatic heterocycles. The third-order valence-electron chi connectivity index (χ3n) is 5.76. The lowest BCUT2D eigenvalue weighted by Crippen LogP contribution is -2.46. The van der Waals surface area contributed by atoms with Gasteiger partial charge in [0.1, 0.15) is 0 Å². The summed E-state index contributed by atoms with van der Waals surface area (Å²) in [5, 5.41) is 0. The summed E-state index contributed by atoms with van der Waals surface area (Å²) in [5.41, 5.74) is 3.23. The highest BCUT2D eigenvalue weighted by Gasteiger charge is 2.39. The Bertz CT molecular complexity index is 945. The summed E-state index contributed by atoms with van der Waals surface area (Å²) in [6.07, 6.45) is 6.67. The van der Waals surface area contributed by atoms with Crippen LogP contribution in [0.15, 0.2) is 59.5 Å². The van der Waals surface area contributed by atoms with Crippen LogP contribution >= 0.6 is 0 Å². The van der Waals surface area contributed by atoms with Crippen LogP contribution in [-0.4, -0.2) is 43.8 Å². The molecule has 0 amide bonds. The molecule has 0 radical (unpaired) electrons. The van der Waals surface area contributed by atoms with Crippen LogP contribution in [0.5, 0.6) is 0 Å². The molecule has 0 saturated carbocycles. The predicted octanol–water partition coefficient (Wildman–Crippen LogP) is 3.85. The first-order valence-electron chi connectivity index (χ1n) is 9.54. The molecule has 0 N–H and O–H groups in total. The molecule has 1 aliphatic carbocycles. The van der Waals surface area contributed by atoms with Gasteiger partial charge in [-0.2, -0.15) is 4.31 Å². The number of likely N-dealkylation sites (tertiary alicyclic amines) is 1. The van der Waals surface area contributed by atoms with Gasteiger partial charge in [-0.3, -0.25) is 4.90 Å². The van der Waals surface area contributed by atoms with E-state index in [1.807, 2.05) is 31.2 Å². The van der Waals surface area contributed by atoms with Gasteiger partial charge in [0.15, 0.2) is 0 Å². The standard InChI is InChI=1S/C22H26N2O2S/c1-17-9-12-19(13-10-17)27(25,26)23(2)22-20-8-4-3-7-18(20)11-14-21(22)24-15-5-6-16-24/h3-4,7-14,21-22H,5-6,15-16H2,1-2H3/t21?,22-/m0/s1. The van der Waals surface area contributed by atoms with E-state index in [4.69, 9.17) is 0 Å². The second-order valence-electron chi connectivity index (χ2n) is 7.50. The van der Waals surface area contributed by atoms with Gasteiger partial charge in [-0.25, -0.2) is 8.42 Å². The number of hydrogen-bond acceptors (Lipinski definition) is 3. The molecule has 4 nitrogen and oxygen atoms in total. The molecule has 2 atom stereocenters. The maximum absolute atomic E-state index is 13.4. The van der Waals surface area contributed by atoms with E-state index in [1.165, 1.54) is 12.8 Å². The minimum atomic E-state index is -3.59. The second-order valence-corrected chi connectivity index (χ2v) is 9.50. The fraction of sp³-hybridized carbons (Fsp3) is 0.364. The monoisotopic (exact) mass is 382 g/mol. The average Bonchev–Trinajstić information content (AvgIpc) is 3.21. The third kappa shape index (κ3) is 3.35. The minimum absolute atomic E-state index is 0.0626. The summed E-state index contributed by atoms with van der Waals surface area (Å²) >= 11 is 0. The maximum atomic E-state index is 13.4. The molecule has 1 aliphatic heterocycles. The summed E-state index contributed by atoms with van der Waals surface area (Å²) in [6.45, 7) is 4.00. The van der Waals surface area contributed by atoms with Gasteiger partial charge in [0.05, 0.1) is 10.9 Å². The van der Waals surface area contributed by atoms with E-state index in [0.29, 0.717) is 4.90 Å². The predicted molar refractivity (Wildman–Crippen MR) is 109 cm³/mol. The maximum Gasteiger partial charge on any atom is 0.243 e. The molecule has 2 aliphatic rings. The van der Waals surface area contributed by atoms with Crippen LogP contribution in [0, 0.1) is 6.92 Å². The molecule has 0 spiro atoms. The van der Waals surface area contributed by atoms with Crippen molar-refractivity contribution in [2.45, 2.75) is 36.7 Å². The average molecular weight is 383 g/mol. The van der Waals surface area contributed by atoms with Gasteiger partial charge in [-0.15, -0.1) is 0 Å². The topological polar surface area (TPSA) is 40.6 Å². The Morgan fingerprint density at radius 3 is 2.37 bits per heavy atom. The Hall–Kier alpha value is -1.95. The lowest BCUT2D eigenvalue weighted by Gasteiger charge is -2.40. The molecule has 0 bridgehead atoms. The molecule has 2 aromatic carbocycles. The van der Waals surface area contributed by atoms with Gasteiger partial charge in [0.25, 0.3) is 0 Å². The van der Waals surface area contributed by atoms with Gasteiger partial charge in [-0.05, 0) is 56.1 Å². The second kappa shape index (κ2) is 7.23. The van der Waals surface area contributed by atoms with Crippen molar-refractivity contribution in [2.24, 2.45) is 0 Å². The number of aryl methyl sites for hydroxylation is 1. The summed E-state index contributed by atoms with van der Waals surface area (Å²) in [7, 11) is -1.87. The molecule has 1 fully saturated rings. The first-order chi connectivity index (χ1) is 13.0. The van der Waals surface area contributed by atoms with Crippen molar-refractivity contribution in [3.8, 4) is 0 Å². The van der Waals surface area contributed by atoms with Crippen molar-refractivity contribution in [2.75, 3.05) is 20.1 Å². The van der Waals surface area contributed by atoms with Gasteiger partial charge in [0, 0.05) is 13.1 Å². The molecule has 1 saturated heterocycles. The van der Waals surface area contributed by atoms with Crippen LogP contribution in [0.25, 0.3) is 6.08 Å². The Morgan fingerprint density at radius 1 is 1.00 bits per heavy atom. The van der Waals surface area contributed by atoms with Crippen LogP contribution in [0.2, 0.25) is 0 Å². The van der Waals surface area contributed by atoms with Gasteiger partial charge >= 0.3 is 0 Å². The molecule has 2 aromatic rings. The Kier molecular flexibility index (Phi) is 4.93. The number of likely N-dealkylation sites (N-methyl/N-ethyl adjacent to an activating group) is 1. The molecule has 5 heteroatoms. The van der Waals surface area contributed by atoms with Crippen LogP contribution in [0.1, 0.15) is 35.6 Å². The zero-order chi connectivity index (χ0) is 19.0. The zero-order valence-corrected chi connectivity index (χ0v) is 16.7. The van der Waals surface area contributed by atoms with E-state index in [-0.39, 0.29) is 12.1 Å². The van der Waals surface area contributed by atoms with Crippen molar-refractivity contribution >= 4 is 16.1 Å². The summed E-state index contributed by atoms with van der Waals surface area (Å²) < 4.78 is 28.4. The largest absolute Gasteiger partial charge is 0.295 e. The van der Waals surface area contributed by atoms with Crippen LogP contribution in [-0.2, 0) is 10.0 Å². The van der Waals surface area contributed by atoms with E-state index >= 15 is 0 Å². The smallest absolute Gasteiger partial charge is 0.243 e. The molecule has 27 heavy (non-hydrogen) atoms. The number of hydrogen-bond donors (Lipinski definition) is 0. The summed E-state index contributed by atoms with van der Waals surface area (Å²) in [6, 6.07) is 15.1. The minimum Gasteiger partial charge on any atom is -0.295 e. The highest BCUT2D eigenvalue weighted by Crippen LogP contribution is 2.38.